The molecule has 0 unspecified atom stereocenters. The Morgan fingerprint density at radius 2 is 1.58 bits per heavy atom. The molecule has 140 valence electrons. The van der Waals surface area contributed by atoms with Crippen LogP contribution >= 0.6 is 0 Å². The van der Waals surface area contributed by atoms with Crippen molar-refractivity contribution in [2.24, 2.45) is 0 Å². The average Bonchev–Trinajstić information content (AvgIpc) is 2.57. The molecule has 0 fully saturated rings. The van der Waals surface area contributed by atoms with Crippen molar-refractivity contribution in [2.75, 3.05) is 26.4 Å². The molecule has 0 saturated heterocycles. The number of hydrogen-bond donors (Lipinski definition) is 0. The molecule has 26 heavy (non-hydrogen) atoms. The van der Waals surface area contributed by atoms with Crippen LogP contribution in [0, 0.1) is 6.92 Å². The normalized spacial score (nSPS) is 10.4. The lowest BCUT2D eigenvalue weighted by Gasteiger charge is -2.13. The van der Waals surface area contributed by atoms with Crippen molar-refractivity contribution in [1.82, 2.24) is 0 Å². The maximum atomic E-state index is 11.6. The predicted octanol–water partition coefficient (Wildman–Crippen LogP) is 1.99. The zero-order valence-corrected chi connectivity index (χ0v) is 14.8. The summed E-state index contributed by atoms with van der Waals surface area (Å²) >= 11 is 0. The fraction of sp³-hybridized carbons (Fsp3) is 0.389. The Morgan fingerprint density at radius 1 is 0.962 bits per heavy atom. The van der Waals surface area contributed by atoms with Crippen LogP contribution in [0.4, 0.5) is 0 Å². The van der Waals surface area contributed by atoms with Crippen LogP contribution in [0.3, 0.4) is 0 Å². The summed E-state index contributed by atoms with van der Waals surface area (Å²) in [5.41, 5.74) is 0.302. The van der Waals surface area contributed by atoms with Gasteiger partial charge in [-0.25, -0.2) is 14.4 Å². The highest BCUT2D eigenvalue weighted by molar-refractivity contribution is 5.88. The third-order valence-electron chi connectivity index (χ3n) is 3.29. The summed E-state index contributed by atoms with van der Waals surface area (Å²) in [5, 5.41) is 0.525. The average molecular weight is 364 g/mol. The van der Waals surface area contributed by atoms with Gasteiger partial charge in [0, 0.05) is 18.2 Å². The summed E-state index contributed by atoms with van der Waals surface area (Å²) in [6, 6.07) is 4.30. The maximum Gasteiger partial charge on any atom is 0.344 e. The number of rotatable bonds is 8. The van der Waals surface area contributed by atoms with Crippen LogP contribution in [0.25, 0.3) is 11.0 Å². The van der Waals surface area contributed by atoms with Gasteiger partial charge in [0.05, 0.1) is 18.6 Å². The molecule has 1 aromatic heterocycles. The van der Waals surface area contributed by atoms with Crippen LogP contribution in [0.2, 0.25) is 0 Å². The SMILES string of the molecule is CCOC(=O)COc1cc(OCC(=O)OCC)c2c(C)cc(=O)oc2c1. The number of aryl methyl sites for hydroxylation is 1. The van der Waals surface area contributed by atoms with E-state index in [9.17, 15) is 14.4 Å². The molecule has 8 nitrogen and oxygen atoms in total. The van der Waals surface area contributed by atoms with E-state index in [2.05, 4.69) is 0 Å². The van der Waals surface area contributed by atoms with Crippen molar-refractivity contribution in [3.63, 3.8) is 0 Å². The third-order valence-corrected chi connectivity index (χ3v) is 3.29. The molecule has 1 heterocycles. The minimum absolute atomic E-state index is 0.218. The third kappa shape index (κ3) is 4.98. The summed E-state index contributed by atoms with van der Waals surface area (Å²) in [4.78, 5) is 34.6. The van der Waals surface area contributed by atoms with Crippen molar-refractivity contribution >= 4 is 22.9 Å². The molecule has 0 atom stereocenters. The quantitative estimate of drug-likeness (QED) is 0.518. The number of ether oxygens (including phenoxy) is 4. The molecule has 0 bridgehead atoms. The molecule has 0 radical (unpaired) electrons. The number of hydrogen-bond acceptors (Lipinski definition) is 8. The van der Waals surface area contributed by atoms with Gasteiger partial charge >= 0.3 is 17.6 Å². The lowest BCUT2D eigenvalue weighted by atomic mass is 10.1. The number of fused-ring (bicyclic) bond motifs is 1. The van der Waals surface area contributed by atoms with Crippen molar-refractivity contribution < 1.29 is 33.0 Å². The molecular formula is C18H20O8. The van der Waals surface area contributed by atoms with E-state index < -0.39 is 17.6 Å². The Bertz CT molecular complexity index is 852. The van der Waals surface area contributed by atoms with Gasteiger partial charge in [-0.15, -0.1) is 0 Å². The van der Waals surface area contributed by atoms with Gasteiger partial charge in [0.25, 0.3) is 0 Å². The van der Waals surface area contributed by atoms with Crippen molar-refractivity contribution in [3.05, 3.63) is 34.2 Å². The second kappa shape index (κ2) is 8.89. The van der Waals surface area contributed by atoms with Crippen molar-refractivity contribution in [1.29, 1.82) is 0 Å². The highest BCUT2D eigenvalue weighted by Gasteiger charge is 2.15. The highest BCUT2D eigenvalue weighted by atomic mass is 16.6. The largest absolute Gasteiger partial charge is 0.482 e. The Hall–Kier alpha value is -3.03. The van der Waals surface area contributed by atoms with Crippen molar-refractivity contribution in [2.45, 2.75) is 20.8 Å². The molecule has 2 rings (SSSR count). The van der Waals surface area contributed by atoms with E-state index in [1.807, 2.05) is 0 Å². The first kappa shape index (κ1) is 19.3. The van der Waals surface area contributed by atoms with Crippen molar-refractivity contribution in [3.8, 4) is 11.5 Å². The second-order valence-corrected chi connectivity index (χ2v) is 5.23. The minimum atomic E-state index is -0.535. The van der Waals surface area contributed by atoms with Gasteiger partial charge < -0.3 is 23.4 Å². The Morgan fingerprint density at radius 3 is 2.19 bits per heavy atom. The van der Waals surface area contributed by atoms with Crippen LogP contribution in [0.5, 0.6) is 11.5 Å². The first-order chi connectivity index (χ1) is 12.4. The van der Waals surface area contributed by atoms with Crippen LogP contribution in [0.15, 0.2) is 27.4 Å². The monoisotopic (exact) mass is 364 g/mol. The standard InChI is InChI=1S/C18H20O8/c1-4-22-16(20)9-24-12-7-13(25-10-17(21)23-5-2)18-11(3)6-15(19)26-14(18)8-12/h6-8H,4-5,9-10H2,1-3H3. The molecule has 0 saturated carbocycles. The molecule has 0 spiro atoms. The second-order valence-electron chi connectivity index (χ2n) is 5.23. The summed E-state index contributed by atoms with van der Waals surface area (Å²) in [6.07, 6.45) is 0. The molecule has 0 aliphatic rings. The van der Waals surface area contributed by atoms with E-state index in [0.29, 0.717) is 10.9 Å². The smallest absolute Gasteiger partial charge is 0.344 e. The summed E-state index contributed by atoms with van der Waals surface area (Å²) in [5.74, 6) is -0.561. The van der Waals surface area contributed by atoms with Gasteiger partial charge in [-0.05, 0) is 26.3 Å². The molecule has 2 aromatic rings. The Balaban J connectivity index is 2.34. The zero-order valence-electron chi connectivity index (χ0n) is 14.8. The molecule has 0 N–H and O–H groups in total. The molecule has 8 heteroatoms. The number of carbonyl (C=O) groups is 2. The fourth-order valence-electron chi connectivity index (χ4n) is 2.30. The molecule has 1 aromatic carbocycles. The van der Waals surface area contributed by atoms with Gasteiger partial charge in [0.2, 0.25) is 0 Å². The van der Waals surface area contributed by atoms with Crippen LogP contribution in [0.1, 0.15) is 19.4 Å². The zero-order chi connectivity index (χ0) is 19.1. The van der Waals surface area contributed by atoms with Gasteiger partial charge in [-0.2, -0.15) is 0 Å². The van der Waals surface area contributed by atoms with Gasteiger partial charge in [0.15, 0.2) is 13.2 Å². The predicted molar refractivity (Wildman–Crippen MR) is 91.5 cm³/mol. The topological polar surface area (TPSA) is 101 Å². The highest BCUT2D eigenvalue weighted by Crippen LogP contribution is 2.33. The summed E-state index contributed by atoms with van der Waals surface area (Å²) in [6.45, 7) is 4.94. The van der Waals surface area contributed by atoms with E-state index in [1.165, 1.54) is 18.2 Å². The number of carbonyl (C=O) groups excluding carboxylic acids is 2. The fourth-order valence-corrected chi connectivity index (χ4v) is 2.30. The number of esters is 2. The van der Waals surface area contributed by atoms with E-state index in [-0.39, 0.29) is 43.5 Å². The first-order valence-electron chi connectivity index (χ1n) is 8.10. The first-order valence-corrected chi connectivity index (χ1v) is 8.10. The summed E-state index contributed by atoms with van der Waals surface area (Å²) < 4.78 is 25.7. The van der Waals surface area contributed by atoms with Crippen LogP contribution in [-0.4, -0.2) is 38.4 Å². The van der Waals surface area contributed by atoms with E-state index in [1.54, 1.807) is 20.8 Å². The Labute approximate surface area is 149 Å². The lowest BCUT2D eigenvalue weighted by molar-refractivity contribution is -0.146. The molecule has 0 aliphatic carbocycles. The van der Waals surface area contributed by atoms with Crippen LogP contribution in [-0.2, 0) is 19.1 Å². The maximum absolute atomic E-state index is 11.6. The molecule has 0 amide bonds. The van der Waals surface area contributed by atoms with Crippen LogP contribution < -0.4 is 15.1 Å². The lowest BCUT2D eigenvalue weighted by Crippen LogP contribution is -2.16. The van der Waals surface area contributed by atoms with Gasteiger partial charge in [-0.1, -0.05) is 0 Å². The Kier molecular flexibility index (Phi) is 6.60. The molecular weight excluding hydrogens is 344 g/mol. The van der Waals surface area contributed by atoms with Gasteiger partial charge in [-0.3, -0.25) is 0 Å². The molecule has 0 aliphatic heterocycles. The number of benzene rings is 1. The summed E-state index contributed by atoms with van der Waals surface area (Å²) in [7, 11) is 0. The van der Waals surface area contributed by atoms with E-state index in [0.717, 1.165) is 0 Å². The van der Waals surface area contributed by atoms with E-state index in [4.69, 9.17) is 23.4 Å². The minimum Gasteiger partial charge on any atom is -0.482 e. The van der Waals surface area contributed by atoms with E-state index >= 15 is 0 Å². The van der Waals surface area contributed by atoms with Gasteiger partial charge in [0.1, 0.15) is 17.1 Å².